The molecule has 0 saturated heterocycles. The summed E-state index contributed by atoms with van der Waals surface area (Å²) in [5.41, 5.74) is 0.858. The first-order valence-corrected chi connectivity index (χ1v) is 6.12. The second kappa shape index (κ2) is 5.47. The van der Waals surface area contributed by atoms with Crippen LogP contribution >= 0.6 is 0 Å². The lowest BCUT2D eigenvalue weighted by Gasteiger charge is -2.23. The molecule has 0 radical (unpaired) electrons. The molecular weight excluding hydrogens is 216 g/mol. The lowest BCUT2D eigenvalue weighted by atomic mass is 10.2. The van der Waals surface area contributed by atoms with Crippen molar-refractivity contribution in [3.63, 3.8) is 0 Å². The van der Waals surface area contributed by atoms with Crippen molar-refractivity contribution in [3.05, 3.63) is 23.9 Å². The Kier molecular flexibility index (Phi) is 3.97. The maximum Gasteiger partial charge on any atom is 0.128 e. The zero-order valence-corrected chi connectivity index (χ0v) is 10.5. The molecule has 0 unspecified atom stereocenters. The molecule has 0 spiro atoms. The van der Waals surface area contributed by atoms with Gasteiger partial charge >= 0.3 is 0 Å². The van der Waals surface area contributed by atoms with E-state index in [4.69, 9.17) is 4.74 Å². The van der Waals surface area contributed by atoms with Crippen LogP contribution in [0.25, 0.3) is 0 Å². The van der Waals surface area contributed by atoms with Gasteiger partial charge in [-0.25, -0.2) is 4.98 Å². The van der Waals surface area contributed by atoms with Gasteiger partial charge in [0, 0.05) is 25.9 Å². The Morgan fingerprint density at radius 1 is 1.53 bits per heavy atom. The van der Waals surface area contributed by atoms with Crippen molar-refractivity contribution in [2.75, 3.05) is 25.2 Å². The van der Waals surface area contributed by atoms with Crippen molar-refractivity contribution in [2.24, 2.45) is 0 Å². The number of hydrogen-bond acceptors (Lipinski definition) is 4. The summed E-state index contributed by atoms with van der Waals surface area (Å²) in [6.07, 6.45) is 3.78. The van der Waals surface area contributed by atoms with Crippen LogP contribution in [0.1, 0.15) is 31.4 Å². The predicted octanol–water partition coefficient (Wildman–Crippen LogP) is 1.75. The van der Waals surface area contributed by atoms with E-state index in [0.29, 0.717) is 6.04 Å². The Morgan fingerprint density at radius 3 is 2.76 bits per heavy atom. The van der Waals surface area contributed by atoms with Gasteiger partial charge in [0.25, 0.3) is 0 Å². The van der Waals surface area contributed by atoms with Crippen molar-refractivity contribution in [1.29, 1.82) is 0 Å². The average Bonchev–Trinajstić information content (AvgIpc) is 3.14. The van der Waals surface area contributed by atoms with Gasteiger partial charge in [0.15, 0.2) is 0 Å². The second-order valence-corrected chi connectivity index (χ2v) is 4.54. The highest BCUT2D eigenvalue weighted by atomic mass is 16.5. The van der Waals surface area contributed by atoms with Crippen molar-refractivity contribution in [2.45, 2.75) is 31.9 Å². The van der Waals surface area contributed by atoms with Crippen molar-refractivity contribution >= 4 is 5.82 Å². The summed E-state index contributed by atoms with van der Waals surface area (Å²) in [6.45, 7) is 3.35. The fourth-order valence-corrected chi connectivity index (χ4v) is 1.87. The first-order chi connectivity index (χ1) is 8.22. The van der Waals surface area contributed by atoms with Crippen LogP contribution in [0.5, 0.6) is 0 Å². The smallest absolute Gasteiger partial charge is 0.128 e. The Bertz CT molecular complexity index is 347. The molecule has 1 aromatic heterocycles. The first kappa shape index (κ1) is 12.3. The molecule has 1 aliphatic carbocycles. The molecule has 1 aliphatic rings. The fourth-order valence-electron chi connectivity index (χ4n) is 1.87. The molecule has 1 saturated carbocycles. The van der Waals surface area contributed by atoms with E-state index in [1.807, 2.05) is 12.1 Å². The van der Waals surface area contributed by atoms with Crippen LogP contribution in [0.3, 0.4) is 0 Å². The van der Waals surface area contributed by atoms with Crippen LogP contribution in [-0.2, 0) is 4.74 Å². The number of rotatable bonds is 6. The van der Waals surface area contributed by atoms with Gasteiger partial charge in [0.2, 0.25) is 0 Å². The lowest BCUT2D eigenvalue weighted by molar-refractivity contribution is 0.198. The standard InChI is InChI=1S/C13H20N2O2/c1-10(16)11-3-6-13(14-9-11)15(7-8-17-2)12-4-5-12/h3,6,9-10,12,16H,4-5,7-8H2,1-2H3/t10-/m0/s1. The van der Waals surface area contributed by atoms with E-state index < -0.39 is 6.10 Å². The summed E-state index contributed by atoms with van der Waals surface area (Å²) in [5, 5.41) is 9.44. The number of aliphatic hydroxyl groups excluding tert-OH is 1. The predicted molar refractivity (Wildman–Crippen MR) is 67.1 cm³/mol. The Morgan fingerprint density at radius 2 is 2.29 bits per heavy atom. The molecule has 94 valence electrons. The molecular formula is C13H20N2O2. The van der Waals surface area contributed by atoms with E-state index >= 15 is 0 Å². The molecule has 1 heterocycles. The van der Waals surface area contributed by atoms with Crippen LogP contribution in [0.4, 0.5) is 5.82 Å². The zero-order valence-electron chi connectivity index (χ0n) is 10.5. The molecule has 17 heavy (non-hydrogen) atoms. The molecule has 4 heteroatoms. The van der Waals surface area contributed by atoms with Gasteiger partial charge in [-0.05, 0) is 31.4 Å². The molecule has 1 atom stereocenters. The summed E-state index contributed by atoms with van der Waals surface area (Å²) >= 11 is 0. The third-order valence-electron chi connectivity index (χ3n) is 3.07. The SMILES string of the molecule is COCCN(c1ccc([C@H](C)O)cn1)C1CC1. The lowest BCUT2D eigenvalue weighted by Crippen LogP contribution is -2.30. The van der Waals surface area contributed by atoms with Crippen LogP contribution in [-0.4, -0.2) is 36.4 Å². The highest BCUT2D eigenvalue weighted by molar-refractivity contribution is 5.42. The number of ether oxygens (including phenoxy) is 1. The number of anilines is 1. The summed E-state index contributed by atoms with van der Waals surface area (Å²) in [7, 11) is 1.72. The van der Waals surface area contributed by atoms with Gasteiger partial charge in [-0.2, -0.15) is 0 Å². The van der Waals surface area contributed by atoms with Gasteiger partial charge < -0.3 is 14.7 Å². The zero-order chi connectivity index (χ0) is 12.3. The normalized spacial score (nSPS) is 16.9. The molecule has 0 aliphatic heterocycles. The first-order valence-electron chi connectivity index (χ1n) is 6.12. The maximum absolute atomic E-state index is 9.44. The minimum absolute atomic E-state index is 0.454. The molecule has 4 nitrogen and oxygen atoms in total. The van der Waals surface area contributed by atoms with Crippen molar-refractivity contribution in [3.8, 4) is 0 Å². The van der Waals surface area contributed by atoms with E-state index in [1.165, 1.54) is 12.8 Å². The topological polar surface area (TPSA) is 45.6 Å². The second-order valence-electron chi connectivity index (χ2n) is 4.54. The number of nitrogens with zero attached hydrogens (tertiary/aromatic N) is 2. The van der Waals surface area contributed by atoms with Gasteiger partial charge in [-0.3, -0.25) is 0 Å². The Balaban J connectivity index is 2.07. The van der Waals surface area contributed by atoms with E-state index in [2.05, 4.69) is 9.88 Å². The Labute approximate surface area is 102 Å². The van der Waals surface area contributed by atoms with Gasteiger partial charge in [-0.1, -0.05) is 6.07 Å². The van der Waals surface area contributed by atoms with Crippen LogP contribution in [0.15, 0.2) is 18.3 Å². The third-order valence-corrected chi connectivity index (χ3v) is 3.07. The summed E-state index contributed by atoms with van der Waals surface area (Å²) in [5.74, 6) is 0.981. The van der Waals surface area contributed by atoms with Crippen LogP contribution in [0, 0.1) is 0 Å². The van der Waals surface area contributed by atoms with E-state index in [1.54, 1.807) is 20.2 Å². The van der Waals surface area contributed by atoms with Crippen LogP contribution < -0.4 is 4.90 Å². The number of hydrogen-bond donors (Lipinski definition) is 1. The van der Waals surface area contributed by atoms with Crippen molar-refractivity contribution in [1.82, 2.24) is 4.98 Å². The quantitative estimate of drug-likeness (QED) is 0.817. The van der Waals surface area contributed by atoms with E-state index in [-0.39, 0.29) is 0 Å². The number of aliphatic hydroxyl groups is 1. The molecule has 0 bridgehead atoms. The van der Waals surface area contributed by atoms with Crippen molar-refractivity contribution < 1.29 is 9.84 Å². The number of methoxy groups -OCH3 is 1. The summed E-state index contributed by atoms with van der Waals surface area (Å²) < 4.78 is 5.12. The minimum Gasteiger partial charge on any atom is -0.389 e. The van der Waals surface area contributed by atoms with Gasteiger partial charge in [0.1, 0.15) is 5.82 Å². The number of aromatic nitrogens is 1. The molecule has 1 fully saturated rings. The highest BCUT2D eigenvalue weighted by Gasteiger charge is 2.29. The molecule has 0 aromatic carbocycles. The van der Waals surface area contributed by atoms with E-state index in [0.717, 1.165) is 24.5 Å². The average molecular weight is 236 g/mol. The molecule has 1 aromatic rings. The highest BCUT2D eigenvalue weighted by Crippen LogP contribution is 2.30. The molecule has 1 N–H and O–H groups in total. The van der Waals surface area contributed by atoms with Gasteiger partial charge in [0.05, 0.1) is 12.7 Å². The summed E-state index contributed by atoms with van der Waals surface area (Å²) in [4.78, 5) is 6.71. The Hall–Kier alpha value is -1.13. The third kappa shape index (κ3) is 3.17. The van der Waals surface area contributed by atoms with Crippen LogP contribution in [0.2, 0.25) is 0 Å². The fraction of sp³-hybridized carbons (Fsp3) is 0.615. The largest absolute Gasteiger partial charge is 0.389 e. The monoisotopic (exact) mass is 236 g/mol. The molecule has 2 rings (SSSR count). The minimum atomic E-state index is -0.454. The van der Waals surface area contributed by atoms with E-state index in [9.17, 15) is 5.11 Å². The summed E-state index contributed by atoms with van der Waals surface area (Å²) in [6, 6.07) is 4.54. The maximum atomic E-state index is 9.44. The van der Waals surface area contributed by atoms with Gasteiger partial charge in [-0.15, -0.1) is 0 Å². The number of pyridine rings is 1. The molecule has 0 amide bonds.